The Kier molecular flexibility index (Phi) is 4.69. The van der Waals surface area contributed by atoms with E-state index in [2.05, 4.69) is 28.1 Å². The lowest BCUT2D eigenvalue weighted by atomic mass is 10.1. The van der Waals surface area contributed by atoms with E-state index in [9.17, 15) is 0 Å². The van der Waals surface area contributed by atoms with E-state index in [0.29, 0.717) is 0 Å². The predicted molar refractivity (Wildman–Crippen MR) is 82.6 cm³/mol. The van der Waals surface area contributed by atoms with E-state index >= 15 is 0 Å². The molecule has 0 aliphatic rings. The largest absolute Gasteiger partial charge is 0.398 e. The summed E-state index contributed by atoms with van der Waals surface area (Å²) < 4.78 is 0.997. The van der Waals surface area contributed by atoms with Crippen molar-refractivity contribution in [2.45, 2.75) is 10.9 Å². The first-order valence-corrected chi connectivity index (χ1v) is 7.43. The van der Waals surface area contributed by atoms with Crippen LogP contribution in [0.4, 0.5) is 5.69 Å². The molecule has 0 bridgehead atoms. The molecule has 1 unspecified atom stereocenters. The Morgan fingerprint density at radius 3 is 2.50 bits per heavy atom. The fourth-order valence-corrected chi connectivity index (χ4v) is 2.95. The Morgan fingerprint density at radius 1 is 1.11 bits per heavy atom. The maximum atomic E-state index is 6.15. The van der Waals surface area contributed by atoms with Gasteiger partial charge >= 0.3 is 0 Å². The zero-order chi connectivity index (χ0) is 13.0. The summed E-state index contributed by atoms with van der Waals surface area (Å²) in [5.41, 5.74) is 14.0. The molecule has 94 valence electrons. The standard InChI is InChI=1S/C14H15BrN2S/c15-11-6-7-14(12(16)8-11)18-9-13(17)10-4-2-1-3-5-10/h1-8,13H,9,16-17H2. The summed E-state index contributed by atoms with van der Waals surface area (Å²) in [6.07, 6.45) is 0. The molecular weight excluding hydrogens is 308 g/mol. The van der Waals surface area contributed by atoms with Gasteiger partial charge in [0.1, 0.15) is 0 Å². The normalized spacial score (nSPS) is 12.3. The van der Waals surface area contributed by atoms with Crippen LogP contribution in [0.25, 0.3) is 0 Å². The van der Waals surface area contributed by atoms with E-state index in [0.717, 1.165) is 26.4 Å². The van der Waals surface area contributed by atoms with E-state index in [-0.39, 0.29) is 6.04 Å². The molecule has 1 atom stereocenters. The summed E-state index contributed by atoms with van der Waals surface area (Å²) in [7, 11) is 0. The molecule has 0 heterocycles. The van der Waals surface area contributed by atoms with Gasteiger partial charge in [0, 0.05) is 26.9 Å². The second-order valence-electron chi connectivity index (χ2n) is 4.01. The average molecular weight is 323 g/mol. The van der Waals surface area contributed by atoms with E-state index in [1.807, 2.05) is 36.4 Å². The molecule has 2 rings (SSSR count). The lowest BCUT2D eigenvalue weighted by Gasteiger charge is -2.12. The van der Waals surface area contributed by atoms with Crippen LogP contribution < -0.4 is 11.5 Å². The summed E-state index contributed by atoms with van der Waals surface area (Å²) in [5.74, 6) is 0.815. The molecular formula is C14H15BrN2S. The highest BCUT2D eigenvalue weighted by Gasteiger charge is 2.07. The first-order chi connectivity index (χ1) is 8.66. The minimum atomic E-state index is 0.0271. The van der Waals surface area contributed by atoms with Gasteiger partial charge in [-0.25, -0.2) is 0 Å². The zero-order valence-corrected chi connectivity index (χ0v) is 12.2. The number of halogens is 1. The Hall–Kier alpha value is -0.970. The third-order valence-electron chi connectivity index (χ3n) is 2.62. The highest BCUT2D eigenvalue weighted by Crippen LogP contribution is 2.30. The van der Waals surface area contributed by atoms with Gasteiger partial charge in [0.25, 0.3) is 0 Å². The SMILES string of the molecule is Nc1cc(Br)ccc1SCC(N)c1ccccc1. The maximum absolute atomic E-state index is 6.15. The second-order valence-corrected chi connectivity index (χ2v) is 5.99. The summed E-state index contributed by atoms with van der Waals surface area (Å²) in [6, 6.07) is 16.1. The van der Waals surface area contributed by atoms with Crippen molar-refractivity contribution in [3.05, 3.63) is 58.6 Å². The molecule has 0 spiro atoms. The number of rotatable bonds is 4. The highest BCUT2D eigenvalue weighted by molar-refractivity contribution is 9.10. The number of anilines is 1. The molecule has 18 heavy (non-hydrogen) atoms. The van der Waals surface area contributed by atoms with E-state index in [1.165, 1.54) is 0 Å². The molecule has 0 aliphatic carbocycles. The van der Waals surface area contributed by atoms with Crippen LogP contribution in [-0.2, 0) is 0 Å². The van der Waals surface area contributed by atoms with Crippen LogP contribution in [0.1, 0.15) is 11.6 Å². The topological polar surface area (TPSA) is 52.0 Å². The van der Waals surface area contributed by atoms with Gasteiger partial charge in [-0.05, 0) is 23.8 Å². The van der Waals surface area contributed by atoms with Gasteiger partial charge in [-0.3, -0.25) is 0 Å². The molecule has 4 N–H and O–H groups in total. The molecule has 0 fully saturated rings. The Balaban J connectivity index is 1.99. The number of hydrogen-bond acceptors (Lipinski definition) is 3. The van der Waals surface area contributed by atoms with E-state index in [4.69, 9.17) is 11.5 Å². The Bertz CT molecular complexity index is 516. The number of benzene rings is 2. The minimum Gasteiger partial charge on any atom is -0.398 e. The van der Waals surface area contributed by atoms with E-state index in [1.54, 1.807) is 11.8 Å². The summed E-state index contributed by atoms with van der Waals surface area (Å²) >= 11 is 5.09. The lowest BCUT2D eigenvalue weighted by molar-refractivity contribution is 0.831. The van der Waals surface area contributed by atoms with Crippen LogP contribution >= 0.6 is 27.7 Å². The number of nitrogen functional groups attached to an aromatic ring is 1. The molecule has 0 amide bonds. The van der Waals surface area contributed by atoms with Crippen molar-refractivity contribution in [1.82, 2.24) is 0 Å². The van der Waals surface area contributed by atoms with Crippen molar-refractivity contribution in [3.63, 3.8) is 0 Å². The van der Waals surface area contributed by atoms with Gasteiger partial charge in [0.2, 0.25) is 0 Å². The molecule has 2 nitrogen and oxygen atoms in total. The minimum absolute atomic E-state index is 0.0271. The van der Waals surface area contributed by atoms with Gasteiger partial charge in [-0.2, -0.15) is 0 Å². The quantitative estimate of drug-likeness (QED) is 0.664. The van der Waals surface area contributed by atoms with Crippen LogP contribution in [0, 0.1) is 0 Å². The number of hydrogen-bond donors (Lipinski definition) is 2. The average Bonchev–Trinajstić information content (AvgIpc) is 2.38. The first-order valence-electron chi connectivity index (χ1n) is 5.65. The number of nitrogens with two attached hydrogens (primary N) is 2. The summed E-state index contributed by atoms with van der Waals surface area (Å²) in [5, 5.41) is 0. The molecule has 2 aromatic rings. The molecule has 0 radical (unpaired) electrons. The third kappa shape index (κ3) is 3.51. The van der Waals surface area contributed by atoms with Gasteiger partial charge in [0.05, 0.1) is 0 Å². The van der Waals surface area contributed by atoms with Crippen molar-refractivity contribution >= 4 is 33.4 Å². The highest BCUT2D eigenvalue weighted by atomic mass is 79.9. The van der Waals surface area contributed by atoms with Gasteiger partial charge in [0.15, 0.2) is 0 Å². The fraction of sp³-hybridized carbons (Fsp3) is 0.143. The van der Waals surface area contributed by atoms with E-state index < -0.39 is 0 Å². The van der Waals surface area contributed by atoms with Crippen LogP contribution in [0.5, 0.6) is 0 Å². The first kappa shape index (κ1) is 13.5. The Labute approximate surface area is 120 Å². The Morgan fingerprint density at radius 2 is 1.83 bits per heavy atom. The van der Waals surface area contributed by atoms with Crippen LogP contribution in [0.3, 0.4) is 0 Å². The predicted octanol–water partition coefficient (Wildman–Crippen LogP) is 3.82. The monoisotopic (exact) mass is 322 g/mol. The molecule has 2 aromatic carbocycles. The van der Waals surface area contributed by atoms with Crippen molar-refractivity contribution in [3.8, 4) is 0 Å². The molecule has 4 heteroatoms. The third-order valence-corrected chi connectivity index (χ3v) is 4.32. The molecule has 0 saturated carbocycles. The molecule has 0 saturated heterocycles. The zero-order valence-electron chi connectivity index (χ0n) is 9.84. The van der Waals surface area contributed by atoms with Crippen molar-refractivity contribution in [2.75, 3.05) is 11.5 Å². The lowest BCUT2D eigenvalue weighted by Crippen LogP contribution is -2.12. The van der Waals surface area contributed by atoms with Crippen molar-refractivity contribution in [1.29, 1.82) is 0 Å². The molecule has 0 aromatic heterocycles. The maximum Gasteiger partial charge on any atom is 0.0463 e. The smallest absolute Gasteiger partial charge is 0.0463 e. The van der Waals surface area contributed by atoms with Gasteiger partial charge in [-0.1, -0.05) is 46.3 Å². The summed E-state index contributed by atoms with van der Waals surface area (Å²) in [4.78, 5) is 1.07. The van der Waals surface area contributed by atoms with Crippen LogP contribution in [0.2, 0.25) is 0 Å². The fourth-order valence-electron chi connectivity index (χ4n) is 1.63. The summed E-state index contributed by atoms with van der Waals surface area (Å²) in [6.45, 7) is 0. The number of thioether (sulfide) groups is 1. The van der Waals surface area contributed by atoms with Crippen LogP contribution in [0.15, 0.2) is 57.9 Å². The van der Waals surface area contributed by atoms with Gasteiger partial charge in [-0.15, -0.1) is 11.8 Å². The van der Waals surface area contributed by atoms with Crippen molar-refractivity contribution in [2.24, 2.45) is 5.73 Å². The van der Waals surface area contributed by atoms with Gasteiger partial charge < -0.3 is 11.5 Å². The van der Waals surface area contributed by atoms with Crippen molar-refractivity contribution < 1.29 is 0 Å². The van der Waals surface area contributed by atoms with Crippen LogP contribution in [-0.4, -0.2) is 5.75 Å². The molecule has 0 aliphatic heterocycles. The second kappa shape index (κ2) is 6.27.